The van der Waals surface area contributed by atoms with E-state index in [9.17, 15) is 18.0 Å². The SMILES string of the molecule is Nc1nc2cc(-c3ccc(CC(=O)Nc4ccc(OCC(F)(F)F)cc4)cc3)ccn2n1. The molecule has 7 nitrogen and oxygen atoms in total. The second-order valence-corrected chi connectivity index (χ2v) is 7.04. The van der Waals surface area contributed by atoms with Gasteiger partial charge in [-0.3, -0.25) is 4.79 Å². The van der Waals surface area contributed by atoms with Crippen LogP contribution in [0.4, 0.5) is 24.8 Å². The first-order valence-electron chi connectivity index (χ1n) is 9.56. The fourth-order valence-corrected chi connectivity index (χ4v) is 3.08. The lowest BCUT2D eigenvalue weighted by molar-refractivity contribution is -0.153. The molecule has 0 spiro atoms. The molecule has 4 aromatic rings. The smallest absolute Gasteiger partial charge is 0.422 e. The number of nitrogens with one attached hydrogen (secondary N) is 1. The minimum atomic E-state index is -4.40. The average Bonchev–Trinajstić information content (AvgIpc) is 3.12. The normalized spacial score (nSPS) is 11.5. The summed E-state index contributed by atoms with van der Waals surface area (Å²) in [5.74, 6) is 0.0250. The first-order valence-corrected chi connectivity index (χ1v) is 9.56. The second kappa shape index (κ2) is 8.58. The number of fused-ring (bicyclic) bond motifs is 1. The van der Waals surface area contributed by atoms with E-state index < -0.39 is 12.8 Å². The predicted molar refractivity (Wildman–Crippen MR) is 113 cm³/mol. The highest BCUT2D eigenvalue weighted by atomic mass is 19.4. The number of aromatic nitrogens is 3. The van der Waals surface area contributed by atoms with Crippen molar-refractivity contribution in [2.24, 2.45) is 0 Å². The average molecular weight is 441 g/mol. The molecule has 0 radical (unpaired) electrons. The van der Waals surface area contributed by atoms with Crippen molar-refractivity contribution in [3.63, 3.8) is 0 Å². The number of hydrogen-bond donors (Lipinski definition) is 2. The molecule has 4 rings (SSSR count). The number of benzene rings is 2. The number of nitrogens with two attached hydrogens (primary N) is 1. The summed E-state index contributed by atoms with van der Waals surface area (Å²) in [5, 5.41) is 6.75. The number of anilines is 2. The molecule has 2 aromatic heterocycles. The van der Waals surface area contributed by atoms with Gasteiger partial charge in [-0.05, 0) is 53.1 Å². The summed E-state index contributed by atoms with van der Waals surface area (Å²) in [7, 11) is 0. The summed E-state index contributed by atoms with van der Waals surface area (Å²) in [4.78, 5) is 16.4. The topological polar surface area (TPSA) is 94.5 Å². The first-order chi connectivity index (χ1) is 15.2. The number of hydrogen-bond acceptors (Lipinski definition) is 5. The molecule has 32 heavy (non-hydrogen) atoms. The number of ether oxygens (including phenoxy) is 1. The van der Waals surface area contributed by atoms with Crippen molar-refractivity contribution >= 4 is 23.2 Å². The van der Waals surface area contributed by atoms with Gasteiger partial charge in [0.25, 0.3) is 0 Å². The van der Waals surface area contributed by atoms with Crippen molar-refractivity contribution in [1.82, 2.24) is 14.6 Å². The molecule has 3 N–H and O–H groups in total. The van der Waals surface area contributed by atoms with E-state index in [-0.39, 0.29) is 24.0 Å². The van der Waals surface area contributed by atoms with Crippen molar-refractivity contribution < 1.29 is 22.7 Å². The van der Waals surface area contributed by atoms with Gasteiger partial charge in [0.1, 0.15) is 5.75 Å². The van der Waals surface area contributed by atoms with Crippen molar-refractivity contribution in [2.75, 3.05) is 17.7 Å². The fraction of sp³-hybridized carbons (Fsp3) is 0.136. The lowest BCUT2D eigenvalue weighted by Gasteiger charge is -2.10. The standard InChI is InChI=1S/C22H18F3N5O2/c23-22(24,25)13-32-18-7-5-17(6-8-18)27-20(31)11-14-1-3-15(4-2-14)16-9-10-30-19(12-16)28-21(26)29-30/h1-10,12H,11,13H2,(H2,26,29)(H,27,31). The van der Waals surface area contributed by atoms with Gasteiger partial charge in [-0.2, -0.15) is 18.2 Å². The lowest BCUT2D eigenvalue weighted by Crippen LogP contribution is -2.19. The molecule has 0 atom stereocenters. The zero-order valence-corrected chi connectivity index (χ0v) is 16.6. The van der Waals surface area contributed by atoms with Crippen LogP contribution in [-0.4, -0.2) is 33.3 Å². The Morgan fingerprint density at radius 2 is 1.75 bits per heavy atom. The Bertz CT molecular complexity index is 1240. The van der Waals surface area contributed by atoms with Crippen LogP contribution in [-0.2, 0) is 11.2 Å². The van der Waals surface area contributed by atoms with E-state index in [1.54, 1.807) is 10.7 Å². The van der Waals surface area contributed by atoms with Gasteiger partial charge in [-0.1, -0.05) is 24.3 Å². The van der Waals surface area contributed by atoms with Gasteiger partial charge in [0.15, 0.2) is 12.3 Å². The molecule has 0 aliphatic heterocycles. The predicted octanol–water partition coefficient (Wildman–Crippen LogP) is 4.10. The fourth-order valence-electron chi connectivity index (χ4n) is 3.08. The second-order valence-electron chi connectivity index (χ2n) is 7.04. The molecule has 0 fully saturated rings. The van der Waals surface area contributed by atoms with Crippen LogP contribution in [0.1, 0.15) is 5.56 Å². The van der Waals surface area contributed by atoms with Gasteiger partial charge < -0.3 is 15.8 Å². The number of carbonyl (C=O) groups is 1. The van der Waals surface area contributed by atoms with E-state index in [1.165, 1.54) is 24.3 Å². The number of pyridine rings is 1. The maximum Gasteiger partial charge on any atom is 0.422 e. The van der Waals surface area contributed by atoms with Crippen molar-refractivity contribution in [1.29, 1.82) is 0 Å². The van der Waals surface area contributed by atoms with Gasteiger partial charge in [-0.25, -0.2) is 4.52 Å². The highest BCUT2D eigenvalue weighted by molar-refractivity contribution is 5.92. The number of nitrogens with zero attached hydrogens (tertiary/aromatic N) is 3. The molecule has 0 unspecified atom stereocenters. The Balaban J connectivity index is 1.35. The van der Waals surface area contributed by atoms with E-state index >= 15 is 0 Å². The molecule has 0 saturated carbocycles. The van der Waals surface area contributed by atoms with Crippen LogP contribution < -0.4 is 15.8 Å². The van der Waals surface area contributed by atoms with Gasteiger partial charge in [0.05, 0.1) is 6.42 Å². The number of alkyl halides is 3. The third-order valence-corrected chi connectivity index (χ3v) is 4.55. The Hall–Kier alpha value is -4.08. The van der Waals surface area contributed by atoms with E-state index in [4.69, 9.17) is 5.73 Å². The maximum absolute atomic E-state index is 12.3. The van der Waals surface area contributed by atoms with Crippen molar-refractivity contribution in [3.8, 4) is 16.9 Å². The van der Waals surface area contributed by atoms with E-state index in [0.717, 1.165) is 16.7 Å². The van der Waals surface area contributed by atoms with Crippen LogP contribution in [0.25, 0.3) is 16.8 Å². The zero-order chi connectivity index (χ0) is 22.7. The zero-order valence-electron chi connectivity index (χ0n) is 16.6. The van der Waals surface area contributed by atoms with Crippen LogP contribution >= 0.6 is 0 Å². The van der Waals surface area contributed by atoms with Crippen LogP contribution in [0.5, 0.6) is 5.75 Å². The van der Waals surface area contributed by atoms with Crippen LogP contribution in [0.3, 0.4) is 0 Å². The highest BCUT2D eigenvalue weighted by Gasteiger charge is 2.28. The molecule has 164 valence electrons. The Morgan fingerprint density at radius 3 is 2.44 bits per heavy atom. The van der Waals surface area contributed by atoms with E-state index in [2.05, 4.69) is 20.1 Å². The third-order valence-electron chi connectivity index (χ3n) is 4.55. The van der Waals surface area contributed by atoms with Crippen molar-refractivity contribution in [3.05, 3.63) is 72.4 Å². The molecule has 2 heterocycles. The Labute approximate surface area is 180 Å². The first kappa shape index (κ1) is 21.2. The number of amides is 1. The largest absolute Gasteiger partial charge is 0.484 e. The summed E-state index contributed by atoms with van der Waals surface area (Å²) in [6, 6.07) is 17.0. The molecular weight excluding hydrogens is 423 g/mol. The number of halogens is 3. The summed E-state index contributed by atoms with van der Waals surface area (Å²) in [6.45, 7) is -1.37. The molecular formula is C22H18F3N5O2. The summed E-state index contributed by atoms with van der Waals surface area (Å²) >= 11 is 0. The monoisotopic (exact) mass is 441 g/mol. The molecule has 1 amide bonds. The van der Waals surface area contributed by atoms with Gasteiger partial charge in [0.2, 0.25) is 11.9 Å². The highest BCUT2D eigenvalue weighted by Crippen LogP contribution is 2.22. The summed E-state index contributed by atoms with van der Waals surface area (Å²) < 4.78 is 42.8. The summed E-state index contributed by atoms with van der Waals surface area (Å²) in [5.41, 5.74) is 9.41. The Kier molecular flexibility index (Phi) is 5.67. The summed E-state index contributed by atoms with van der Waals surface area (Å²) in [6.07, 6.45) is -2.49. The molecule has 0 aliphatic rings. The maximum atomic E-state index is 12.3. The van der Waals surface area contributed by atoms with Crippen LogP contribution in [0, 0.1) is 0 Å². The van der Waals surface area contributed by atoms with Crippen LogP contribution in [0.15, 0.2) is 66.9 Å². The molecule has 0 bridgehead atoms. The minimum absolute atomic E-state index is 0.0721. The number of rotatable bonds is 6. The van der Waals surface area contributed by atoms with E-state index in [0.29, 0.717) is 11.3 Å². The third kappa shape index (κ3) is 5.34. The molecule has 0 aliphatic carbocycles. The molecule has 2 aromatic carbocycles. The molecule has 0 saturated heterocycles. The number of nitrogen functional groups attached to an aromatic ring is 1. The molecule has 10 heteroatoms. The number of carbonyl (C=O) groups excluding carboxylic acids is 1. The van der Waals surface area contributed by atoms with Gasteiger partial charge >= 0.3 is 6.18 Å². The minimum Gasteiger partial charge on any atom is -0.484 e. The van der Waals surface area contributed by atoms with Gasteiger partial charge in [-0.15, -0.1) is 5.10 Å². The quantitative estimate of drug-likeness (QED) is 0.470. The van der Waals surface area contributed by atoms with E-state index in [1.807, 2.05) is 36.4 Å². The Morgan fingerprint density at radius 1 is 1.03 bits per heavy atom. The lowest BCUT2D eigenvalue weighted by atomic mass is 10.0. The van der Waals surface area contributed by atoms with Crippen molar-refractivity contribution in [2.45, 2.75) is 12.6 Å². The van der Waals surface area contributed by atoms with Crippen LogP contribution in [0.2, 0.25) is 0 Å². The van der Waals surface area contributed by atoms with Gasteiger partial charge in [0, 0.05) is 11.9 Å².